The summed E-state index contributed by atoms with van der Waals surface area (Å²) in [6.07, 6.45) is 1.59. The number of carboxylic acid groups (broad SMARTS) is 1. The van der Waals surface area contributed by atoms with E-state index in [0.29, 0.717) is 13.2 Å². The lowest BCUT2D eigenvalue weighted by Gasteiger charge is -2.16. The molecule has 1 fully saturated rings. The molecule has 0 radical (unpaired) electrons. The molecule has 1 saturated heterocycles. The fourth-order valence-corrected chi connectivity index (χ4v) is 1.89. The first-order valence-electron chi connectivity index (χ1n) is 5.84. The normalized spacial score (nSPS) is 23.6. The number of carbonyl (C=O) groups is 2. The summed E-state index contributed by atoms with van der Waals surface area (Å²) in [4.78, 5) is 21.9. The van der Waals surface area contributed by atoms with Crippen LogP contribution in [0.4, 0.5) is 0 Å². The average molecular weight is 245 g/mol. The van der Waals surface area contributed by atoms with Gasteiger partial charge in [0, 0.05) is 13.2 Å². The molecular formula is C11H19NO5. The van der Waals surface area contributed by atoms with E-state index < -0.39 is 5.97 Å². The molecule has 17 heavy (non-hydrogen) atoms. The summed E-state index contributed by atoms with van der Waals surface area (Å²) < 4.78 is 10.2. The van der Waals surface area contributed by atoms with E-state index in [0.717, 1.165) is 12.8 Å². The number of carboxylic acids is 1. The summed E-state index contributed by atoms with van der Waals surface area (Å²) in [7, 11) is 0. The molecule has 1 rings (SSSR count). The minimum absolute atomic E-state index is 0.00920. The summed E-state index contributed by atoms with van der Waals surface area (Å²) in [6.45, 7) is 2.83. The molecule has 0 bridgehead atoms. The molecule has 2 unspecified atom stereocenters. The zero-order chi connectivity index (χ0) is 12.7. The van der Waals surface area contributed by atoms with Gasteiger partial charge in [-0.3, -0.25) is 4.79 Å². The van der Waals surface area contributed by atoms with Gasteiger partial charge in [0.1, 0.15) is 6.61 Å². The maximum Gasteiger partial charge on any atom is 0.329 e. The van der Waals surface area contributed by atoms with Crippen molar-refractivity contribution in [3.63, 3.8) is 0 Å². The van der Waals surface area contributed by atoms with Gasteiger partial charge in [-0.15, -0.1) is 0 Å². The molecule has 2 N–H and O–H groups in total. The lowest BCUT2D eigenvalue weighted by atomic mass is 9.99. The van der Waals surface area contributed by atoms with Gasteiger partial charge < -0.3 is 19.9 Å². The summed E-state index contributed by atoms with van der Waals surface area (Å²) in [5.74, 6) is -1.13. The van der Waals surface area contributed by atoms with Gasteiger partial charge in [0.25, 0.3) is 0 Å². The molecule has 2 atom stereocenters. The van der Waals surface area contributed by atoms with Gasteiger partial charge in [0.2, 0.25) is 5.91 Å². The van der Waals surface area contributed by atoms with Crippen LogP contribution >= 0.6 is 0 Å². The van der Waals surface area contributed by atoms with Gasteiger partial charge in [-0.05, 0) is 12.8 Å². The zero-order valence-electron chi connectivity index (χ0n) is 9.98. The topological polar surface area (TPSA) is 84.9 Å². The summed E-state index contributed by atoms with van der Waals surface area (Å²) >= 11 is 0. The highest BCUT2D eigenvalue weighted by atomic mass is 16.5. The number of carbonyl (C=O) groups excluding carboxylic acids is 1. The van der Waals surface area contributed by atoms with Crippen molar-refractivity contribution in [2.45, 2.75) is 25.9 Å². The van der Waals surface area contributed by atoms with Crippen molar-refractivity contribution >= 4 is 11.9 Å². The molecule has 1 aliphatic heterocycles. The van der Waals surface area contributed by atoms with Gasteiger partial charge >= 0.3 is 5.97 Å². The van der Waals surface area contributed by atoms with Gasteiger partial charge in [-0.1, -0.05) is 6.92 Å². The zero-order valence-corrected chi connectivity index (χ0v) is 9.98. The van der Waals surface area contributed by atoms with Crippen LogP contribution in [0.1, 0.15) is 19.8 Å². The highest BCUT2D eigenvalue weighted by molar-refractivity contribution is 5.79. The number of rotatable bonds is 7. The third kappa shape index (κ3) is 4.70. The highest BCUT2D eigenvalue weighted by Crippen LogP contribution is 2.23. The molecular weight excluding hydrogens is 226 g/mol. The Labute approximate surface area is 100 Å². The van der Waals surface area contributed by atoms with E-state index in [1.807, 2.05) is 6.92 Å². The molecule has 6 nitrogen and oxygen atoms in total. The predicted octanol–water partition coefficient (Wildman–Crippen LogP) is 0.0189. The highest BCUT2D eigenvalue weighted by Gasteiger charge is 2.32. The molecule has 1 aliphatic rings. The van der Waals surface area contributed by atoms with Crippen LogP contribution in [0.25, 0.3) is 0 Å². The Bertz CT molecular complexity index is 269. The van der Waals surface area contributed by atoms with E-state index in [2.05, 4.69) is 5.32 Å². The molecule has 0 saturated carbocycles. The molecule has 0 aromatic heterocycles. The number of hydrogen-bond acceptors (Lipinski definition) is 4. The number of hydrogen-bond donors (Lipinski definition) is 2. The third-order valence-electron chi connectivity index (χ3n) is 2.72. The van der Waals surface area contributed by atoms with Crippen molar-refractivity contribution in [1.29, 1.82) is 0 Å². The summed E-state index contributed by atoms with van der Waals surface area (Å²) in [5, 5.41) is 11.1. The van der Waals surface area contributed by atoms with Crippen molar-refractivity contribution in [1.82, 2.24) is 5.32 Å². The van der Waals surface area contributed by atoms with Crippen LogP contribution in [0.15, 0.2) is 0 Å². The Hall–Kier alpha value is -1.14. The summed E-state index contributed by atoms with van der Waals surface area (Å²) in [5.41, 5.74) is 0. The fraction of sp³-hybridized carbons (Fsp3) is 0.818. The van der Waals surface area contributed by atoms with Crippen molar-refractivity contribution in [3.05, 3.63) is 0 Å². The first-order chi connectivity index (χ1) is 8.15. The second-order valence-electron chi connectivity index (χ2n) is 3.95. The molecule has 1 heterocycles. The second-order valence-corrected chi connectivity index (χ2v) is 3.95. The second kappa shape index (κ2) is 7.24. The standard InChI is InChI=1S/C11H19NO5/c1-2-9-8(3-5-17-9)11(15)12-4-6-16-7-10(13)14/h8-9H,2-7H2,1H3,(H,12,15)(H,13,14). The first kappa shape index (κ1) is 13.9. The van der Waals surface area contributed by atoms with Gasteiger partial charge in [-0.2, -0.15) is 0 Å². The Morgan fingerprint density at radius 2 is 2.29 bits per heavy atom. The number of nitrogens with one attached hydrogen (secondary N) is 1. The Morgan fingerprint density at radius 1 is 1.53 bits per heavy atom. The van der Waals surface area contributed by atoms with Gasteiger partial charge in [0.05, 0.1) is 18.6 Å². The van der Waals surface area contributed by atoms with Crippen LogP contribution < -0.4 is 5.32 Å². The van der Waals surface area contributed by atoms with Crippen LogP contribution in [-0.4, -0.2) is 49.5 Å². The van der Waals surface area contributed by atoms with Crippen LogP contribution in [-0.2, 0) is 19.1 Å². The lowest BCUT2D eigenvalue weighted by molar-refractivity contribution is -0.142. The number of amides is 1. The van der Waals surface area contributed by atoms with E-state index in [1.165, 1.54) is 0 Å². The fourth-order valence-electron chi connectivity index (χ4n) is 1.89. The maximum absolute atomic E-state index is 11.7. The van der Waals surface area contributed by atoms with Crippen LogP contribution in [0.2, 0.25) is 0 Å². The van der Waals surface area contributed by atoms with Gasteiger partial charge in [0.15, 0.2) is 0 Å². The summed E-state index contributed by atoms with van der Waals surface area (Å²) in [6, 6.07) is 0. The van der Waals surface area contributed by atoms with E-state index in [1.54, 1.807) is 0 Å². The van der Waals surface area contributed by atoms with Crippen molar-refractivity contribution in [2.75, 3.05) is 26.4 Å². The Morgan fingerprint density at radius 3 is 2.94 bits per heavy atom. The van der Waals surface area contributed by atoms with Crippen LogP contribution in [0, 0.1) is 5.92 Å². The third-order valence-corrected chi connectivity index (χ3v) is 2.72. The monoisotopic (exact) mass is 245 g/mol. The Kier molecular flexibility index (Phi) is 5.93. The molecule has 0 aliphatic carbocycles. The van der Waals surface area contributed by atoms with E-state index >= 15 is 0 Å². The van der Waals surface area contributed by atoms with Crippen molar-refractivity contribution < 1.29 is 24.2 Å². The SMILES string of the molecule is CCC1OCCC1C(=O)NCCOCC(=O)O. The average Bonchev–Trinajstić information content (AvgIpc) is 2.75. The first-order valence-corrected chi connectivity index (χ1v) is 5.84. The van der Waals surface area contributed by atoms with Crippen LogP contribution in [0.3, 0.4) is 0 Å². The molecule has 0 aromatic carbocycles. The van der Waals surface area contributed by atoms with E-state index in [9.17, 15) is 9.59 Å². The molecule has 0 aromatic rings. The maximum atomic E-state index is 11.7. The molecule has 98 valence electrons. The largest absolute Gasteiger partial charge is 0.480 e. The van der Waals surface area contributed by atoms with Crippen molar-refractivity contribution in [2.24, 2.45) is 5.92 Å². The minimum Gasteiger partial charge on any atom is -0.480 e. The molecule has 0 spiro atoms. The van der Waals surface area contributed by atoms with E-state index in [-0.39, 0.29) is 31.1 Å². The van der Waals surface area contributed by atoms with Crippen LogP contribution in [0.5, 0.6) is 0 Å². The van der Waals surface area contributed by atoms with Gasteiger partial charge in [-0.25, -0.2) is 4.79 Å². The quantitative estimate of drug-likeness (QED) is 0.618. The predicted molar refractivity (Wildman–Crippen MR) is 59.6 cm³/mol. The number of ether oxygens (including phenoxy) is 2. The lowest BCUT2D eigenvalue weighted by Crippen LogP contribution is -2.36. The van der Waals surface area contributed by atoms with E-state index in [4.69, 9.17) is 14.6 Å². The minimum atomic E-state index is -1.01. The number of aliphatic carboxylic acids is 1. The molecule has 6 heteroatoms. The molecule has 1 amide bonds. The smallest absolute Gasteiger partial charge is 0.329 e. The van der Waals surface area contributed by atoms with Crippen molar-refractivity contribution in [3.8, 4) is 0 Å². The Balaban J connectivity index is 2.14.